The highest BCUT2D eigenvalue weighted by Gasteiger charge is 2.10. The fourth-order valence-electron chi connectivity index (χ4n) is 1.67. The van der Waals surface area contributed by atoms with Gasteiger partial charge in [-0.3, -0.25) is 4.21 Å². The topological polar surface area (TPSA) is 32.3 Å². The van der Waals surface area contributed by atoms with Gasteiger partial charge in [-0.15, -0.1) is 0 Å². The second-order valence-electron chi connectivity index (χ2n) is 4.06. The zero-order chi connectivity index (χ0) is 10.4. The molecule has 14 heavy (non-hydrogen) atoms. The Morgan fingerprint density at radius 2 is 2.07 bits per heavy atom. The predicted molar refractivity (Wildman–Crippen MR) is 62.1 cm³/mol. The number of hydrogen-bond donors (Lipinski definition) is 1. The molecule has 2 unspecified atom stereocenters. The van der Waals surface area contributed by atoms with Crippen molar-refractivity contribution in [3.63, 3.8) is 0 Å². The number of rotatable bonds is 6. The van der Waals surface area contributed by atoms with Gasteiger partial charge in [-0.1, -0.05) is 0 Å². The first-order chi connectivity index (χ1) is 6.70. The maximum absolute atomic E-state index is 11.1. The Morgan fingerprint density at radius 1 is 1.43 bits per heavy atom. The van der Waals surface area contributed by atoms with E-state index in [1.165, 1.54) is 25.9 Å². The van der Waals surface area contributed by atoms with E-state index in [0.717, 1.165) is 19.6 Å². The minimum atomic E-state index is -0.692. The van der Waals surface area contributed by atoms with Crippen LogP contribution in [0.1, 0.15) is 19.8 Å². The molecule has 3 nitrogen and oxygen atoms in total. The Kier molecular flexibility index (Phi) is 5.67. The van der Waals surface area contributed by atoms with E-state index >= 15 is 0 Å². The summed E-state index contributed by atoms with van der Waals surface area (Å²) in [5.41, 5.74) is 0. The summed E-state index contributed by atoms with van der Waals surface area (Å²) in [7, 11) is -0.692. The van der Waals surface area contributed by atoms with Gasteiger partial charge in [-0.05, 0) is 32.9 Å². The van der Waals surface area contributed by atoms with Gasteiger partial charge in [0.15, 0.2) is 0 Å². The van der Waals surface area contributed by atoms with E-state index in [2.05, 4.69) is 10.2 Å². The second kappa shape index (κ2) is 6.53. The van der Waals surface area contributed by atoms with Crippen LogP contribution in [-0.4, -0.2) is 53.3 Å². The van der Waals surface area contributed by atoms with Crippen molar-refractivity contribution in [2.75, 3.05) is 39.0 Å². The van der Waals surface area contributed by atoms with E-state index in [4.69, 9.17) is 0 Å². The molecule has 4 heteroatoms. The van der Waals surface area contributed by atoms with Crippen LogP contribution in [-0.2, 0) is 10.8 Å². The molecular weight excluding hydrogens is 196 g/mol. The van der Waals surface area contributed by atoms with Crippen molar-refractivity contribution >= 4 is 10.8 Å². The lowest BCUT2D eigenvalue weighted by atomic mass is 10.4. The summed E-state index contributed by atoms with van der Waals surface area (Å²) in [6.07, 6.45) is 4.48. The van der Waals surface area contributed by atoms with Crippen LogP contribution in [0.25, 0.3) is 0 Å². The van der Waals surface area contributed by atoms with E-state index in [0.29, 0.717) is 0 Å². The summed E-state index contributed by atoms with van der Waals surface area (Å²) in [5, 5.41) is 3.63. The highest BCUT2D eigenvalue weighted by Crippen LogP contribution is 2.05. The van der Waals surface area contributed by atoms with Crippen molar-refractivity contribution in [1.29, 1.82) is 0 Å². The number of likely N-dealkylation sites (tertiary alicyclic amines) is 1. The molecule has 1 aliphatic rings. The molecule has 0 bridgehead atoms. The average Bonchev–Trinajstić information content (AvgIpc) is 2.64. The van der Waals surface area contributed by atoms with Gasteiger partial charge in [0.25, 0.3) is 0 Å². The zero-order valence-corrected chi connectivity index (χ0v) is 10.1. The molecule has 1 saturated heterocycles. The predicted octanol–water partition coefficient (Wildman–Crippen LogP) is 0.439. The maximum Gasteiger partial charge on any atom is 0.0441 e. The lowest BCUT2D eigenvalue weighted by Gasteiger charge is -2.15. The smallest absolute Gasteiger partial charge is 0.0441 e. The molecule has 0 aromatic heterocycles. The largest absolute Gasteiger partial charge is 0.314 e. The van der Waals surface area contributed by atoms with Crippen LogP contribution >= 0.6 is 0 Å². The summed E-state index contributed by atoms with van der Waals surface area (Å²) in [6, 6.07) is 0. The van der Waals surface area contributed by atoms with Crippen LogP contribution < -0.4 is 5.32 Å². The zero-order valence-electron chi connectivity index (χ0n) is 9.29. The van der Waals surface area contributed by atoms with Gasteiger partial charge >= 0.3 is 0 Å². The van der Waals surface area contributed by atoms with Gasteiger partial charge in [-0.25, -0.2) is 0 Å². The van der Waals surface area contributed by atoms with E-state index in [-0.39, 0.29) is 5.25 Å². The Hall–Kier alpha value is 0.0700. The van der Waals surface area contributed by atoms with Crippen LogP contribution in [0.2, 0.25) is 0 Å². The first kappa shape index (κ1) is 12.1. The molecule has 0 aromatic carbocycles. The van der Waals surface area contributed by atoms with E-state index in [1.54, 1.807) is 6.26 Å². The van der Waals surface area contributed by atoms with Crippen LogP contribution in [0.4, 0.5) is 0 Å². The molecular formula is C10H22N2OS. The SMILES string of the molecule is CC(CNCCN1CCCC1)S(C)=O. The Morgan fingerprint density at radius 3 is 2.64 bits per heavy atom. The van der Waals surface area contributed by atoms with Crippen LogP contribution in [0.15, 0.2) is 0 Å². The van der Waals surface area contributed by atoms with Crippen molar-refractivity contribution in [1.82, 2.24) is 10.2 Å². The molecule has 1 N–H and O–H groups in total. The molecule has 1 aliphatic heterocycles. The number of nitrogens with zero attached hydrogens (tertiary/aromatic N) is 1. The number of hydrogen-bond acceptors (Lipinski definition) is 3. The first-order valence-corrected chi connectivity index (χ1v) is 7.07. The lowest BCUT2D eigenvalue weighted by molar-refractivity contribution is 0.336. The van der Waals surface area contributed by atoms with Crippen LogP contribution in [0.5, 0.6) is 0 Å². The third kappa shape index (κ3) is 4.53. The normalized spacial score (nSPS) is 22.4. The quantitative estimate of drug-likeness (QED) is 0.657. The average molecular weight is 218 g/mol. The molecule has 0 aliphatic carbocycles. The highest BCUT2D eigenvalue weighted by atomic mass is 32.2. The molecule has 0 saturated carbocycles. The Labute approximate surface area is 89.7 Å². The van der Waals surface area contributed by atoms with Crippen molar-refractivity contribution < 1.29 is 4.21 Å². The lowest BCUT2D eigenvalue weighted by Crippen LogP contribution is -2.34. The van der Waals surface area contributed by atoms with Gasteiger partial charge in [0.1, 0.15) is 0 Å². The van der Waals surface area contributed by atoms with Crippen LogP contribution in [0.3, 0.4) is 0 Å². The van der Waals surface area contributed by atoms with Gasteiger partial charge in [0, 0.05) is 41.9 Å². The van der Waals surface area contributed by atoms with Gasteiger partial charge in [0.2, 0.25) is 0 Å². The first-order valence-electron chi connectivity index (χ1n) is 5.45. The molecule has 1 rings (SSSR count). The monoisotopic (exact) mass is 218 g/mol. The highest BCUT2D eigenvalue weighted by molar-refractivity contribution is 7.84. The standard InChI is InChI=1S/C10H22N2OS/c1-10(14(2)13)9-11-5-8-12-6-3-4-7-12/h10-11H,3-9H2,1-2H3. The van der Waals surface area contributed by atoms with Gasteiger partial charge in [0.05, 0.1) is 0 Å². The summed E-state index contributed by atoms with van der Waals surface area (Å²) < 4.78 is 11.1. The number of nitrogens with one attached hydrogen (secondary N) is 1. The third-order valence-corrected chi connectivity index (χ3v) is 4.10. The molecule has 2 atom stereocenters. The Bertz CT molecular complexity index is 181. The molecule has 0 aromatic rings. The molecule has 1 fully saturated rings. The summed E-state index contributed by atoms with van der Waals surface area (Å²) in [6.45, 7) is 7.59. The molecule has 0 radical (unpaired) electrons. The minimum Gasteiger partial charge on any atom is -0.314 e. The molecule has 84 valence electrons. The van der Waals surface area contributed by atoms with E-state index in [9.17, 15) is 4.21 Å². The van der Waals surface area contributed by atoms with Crippen molar-refractivity contribution in [2.45, 2.75) is 25.0 Å². The van der Waals surface area contributed by atoms with E-state index in [1.807, 2.05) is 6.92 Å². The van der Waals surface area contributed by atoms with Gasteiger partial charge < -0.3 is 10.2 Å². The maximum atomic E-state index is 11.1. The minimum absolute atomic E-state index is 0.272. The van der Waals surface area contributed by atoms with Gasteiger partial charge in [-0.2, -0.15) is 0 Å². The second-order valence-corrected chi connectivity index (χ2v) is 5.86. The summed E-state index contributed by atoms with van der Waals surface area (Å²) >= 11 is 0. The molecule has 1 heterocycles. The van der Waals surface area contributed by atoms with Crippen molar-refractivity contribution in [3.05, 3.63) is 0 Å². The Balaban J connectivity index is 1.95. The van der Waals surface area contributed by atoms with Crippen molar-refractivity contribution in [3.8, 4) is 0 Å². The fourth-order valence-corrected chi connectivity index (χ4v) is 2.02. The van der Waals surface area contributed by atoms with E-state index < -0.39 is 10.8 Å². The van der Waals surface area contributed by atoms with Crippen molar-refractivity contribution in [2.24, 2.45) is 0 Å². The summed E-state index contributed by atoms with van der Waals surface area (Å²) in [5.74, 6) is 0. The molecule has 0 spiro atoms. The molecule has 0 amide bonds. The third-order valence-electron chi connectivity index (χ3n) is 2.80. The van der Waals surface area contributed by atoms with Crippen LogP contribution in [0, 0.1) is 0 Å². The fraction of sp³-hybridized carbons (Fsp3) is 1.00. The summed E-state index contributed by atoms with van der Waals surface area (Å²) in [4.78, 5) is 2.49.